The van der Waals surface area contributed by atoms with Crippen LogP contribution in [0.5, 0.6) is 0 Å². The third kappa shape index (κ3) is 6.25. The quantitative estimate of drug-likeness (QED) is 0.210. The first-order chi connectivity index (χ1) is 18.1. The van der Waals surface area contributed by atoms with Crippen molar-refractivity contribution in [2.45, 2.75) is 29.7 Å². The molecule has 0 atom stereocenters. The molecule has 188 valence electrons. The van der Waals surface area contributed by atoms with Gasteiger partial charge < -0.3 is 16.0 Å². The van der Waals surface area contributed by atoms with E-state index in [4.69, 9.17) is 0 Å². The van der Waals surface area contributed by atoms with Gasteiger partial charge >= 0.3 is 0 Å². The van der Waals surface area contributed by atoms with Gasteiger partial charge in [0, 0.05) is 56.0 Å². The van der Waals surface area contributed by atoms with E-state index in [1.165, 1.54) is 23.1 Å². The maximum Gasteiger partial charge on any atom is 0.251 e. The molecule has 7 nitrogen and oxygen atoms in total. The minimum Gasteiger partial charge on any atom is -0.387 e. The van der Waals surface area contributed by atoms with E-state index in [1.54, 1.807) is 31.4 Å². The number of aldehydes is 1. The SMILES string of the molecule is CCc1cc(-c2ncc(CNC(=O)c3ccc(Sc4ccccc4C=O)c(NC)c3)s2)ccc1NC=O. The van der Waals surface area contributed by atoms with Gasteiger partial charge in [-0.05, 0) is 54.4 Å². The zero-order valence-corrected chi connectivity index (χ0v) is 22.0. The van der Waals surface area contributed by atoms with Crippen LogP contribution in [0.1, 0.15) is 38.1 Å². The van der Waals surface area contributed by atoms with Gasteiger partial charge in [-0.1, -0.05) is 36.9 Å². The predicted molar refractivity (Wildman–Crippen MR) is 150 cm³/mol. The Hall–Kier alpha value is -3.95. The molecule has 0 spiro atoms. The normalized spacial score (nSPS) is 10.5. The van der Waals surface area contributed by atoms with Gasteiger partial charge in [0.05, 0.1) is 6.54 Å². The largest absolute Gasteiger partial charge is 0.387 e. The lowest BCUT2D eigenvalue weighted by Gasteiger charge is -2.12. The van der Waals surface area contributed by atoms with E-state index >= 15 is 0 Å². The molecule has 4 aromatic rings. The Morgan fingerprint density at radius 3 is 2.62 bits per heavy atom. The zero-order chi connectivity index (χ0) is 26.2. The minimum atomic E-state index is -0.186. The number of anilines is 2. The molecule has 9 heteroatoms. The summed E-state index contributed by atoms with van der Waals surface area (Å²) in [5.41, 5.74) is 4.76. The highest BCUT2D eigenvalue weighted by atomic mass is 32.2. The maximum absolute atomic E-state index is 12.9. The fourth-order valence-corrected chi connectivity index (χ4v) is 5.63. The highest BCUT2D eigenvalue weighted by Gasteiger charge is 2.13. The van der Waals surface area contributed by atoms with Crippen LogP contribution in [0.3, 0.4) is 0 Å². The molecule has 0 aliphatic heterocycles. The second-order valence-electron chi connectivity index (χ2n) is 8.02. The molecule has 0 fully saturated rings. The van der Waals surface area contributed by atoms with Crippen LogP contribution in [0.15, 0.2) is 76.7 Å². The zero-order valence-electron chi connectivity index (χ0n) is 20.4. The number of aromatic nitrogens is 1. The molecule has 1 aromatic heterocycles. The van der Waals surface area contributed by atoms with Gasteiger partial charge in [0.15, 0.2) is 6.29 Å². The fraction of sp³-hybridized carbons (Fsp3) is 0.143. The molecular weight excluding hydrogens is 504 g/mol. The van der Waals surface area contributed by atoms with Crippen molar-refractivity contribution in [2.24, 2.45) is 0 Å². The van der Waals surface area contributed by atoms with Crippen LogP contribution in [0, 0.1) is 0 Å². The molecule has 0 saturated heterocycles. The third-order valence-corrected chi connectivity index (χ3v) is 7.92. The van der Waals surface area contributed by atoms with E-state index < -0.39 is 0 Å². The van der Waals surface area contributed by atoms with Crippen LogP contribution in [-0.2, 0) is 17.8 Å². The van der Waals surface area contributed by atoms with E-state index in [0.29, 0.717) is 24.1 Å². The summed E-state index contributed by atoms with van der Waals surface area (Å²) in [5.74, 6) is -0.186. The second-order valence-corrected chi connectivity index (χ2v) is 10.2. The molecule has 0 bridgehead atoms. The van der Waals surface area contributed by atoms with Gasteiger partial charge in [0.1, 0.15) is 5.01 Å². The number of amides is 2. The predicted octanol–water partition coefficient (Wildman–Crippen LogP) is 5.88. The van der Waals surface area contributed by atoms with Crippen LogP contribution in [-0.4, -0.2) is 30.6 Å². The van der Waals surface area contributed by atoms with E-state index in [2.05, 4.69) is 20.9 Å². The maximum atomic E-state index is 12.9. The van der Waals surface area contributed by atoms with Crippen LogP contribution in [0.2, 0.25) is 0 Å². The van der Waals surface area contributed by atoms with Gasteiger partial charge in [-0.3, -0.25) is 14.4 Å². The number of rotatable bonds is 11. The van der Waals surface area contributed by atoms with Crippen molar-refractivity contribution in [3.05, 3.63) is 88.4 Å². The number of nitrogens with one attached hydrogen (secondary N) is 3. The lowest BCUT2D eigenvalue weighted by molar-refractivity contribution is -0.105. The van der Waals surface area contributed by atoms with Crippen LogP contribution < -0.4 is 16.0 Å². The molecule has 2 amide bonds. The summed E-state index contributed by atoms with van der Waals surface area (Å²) in [4.78, 5) is 42.3. The summed E-state index contributed by atoms with van der Waals surface area (Å²) in [5, 5.41) is 9.69. The first kappa shape index (κ1) is 26.1. The average Bonchev–Trinajstić information content (AvgIpc) is 3.41. The summed E-state index contributed by atoms with van der Waals surface area (Å²) in [6.07, 6.45) is 4.08. The molecule has 0 radical (unpaired) electrons. The molecule has 0 unspecified atom stereocenters. The Bertz CT molecular complexity index is 1430. The van der Waals surface area contributed by atoms with Crippen molar-refractivity contribution in [3.63, 3.8) is 0 Å². The van der Waals surface area contributed by atoms with Crippen molar-refractivity contribution < 1.29 is 14.4 Å². The average molecular weight is 531 g/mol. The number of benzene rings is 3. The lowest BCUT2D eigenvalue weighted by atomic mass is 10.1. The smallest absolute Gasteiger partial charge is 0.251 e. The summed E-state index contributed by atoms with van der Waals surface area (Å²) < 4.78 is 0. The molecule has 0 aliphatic rings. The third-order valence-electron chi connectivity index (χ3n) is 5.70. The van der Waals surface area contributed by atoms with Gasteiger partial charge in [0.25, 0.3) is 5.91 Å². The van der Waals surface area contributed by atoms with Crippen LogP contribution in [0.4, 0.5) is 11.4 Å². The molecule has 4 rings (SSSR count). The number of carbonyl (C=O) groups is 3. The lowest BCUT2D eigenvalue weighted by Crippen LogP contribution is -2.22. The monoisotopic (exact) mass is 530 g/mol. The van der Waals surface area contributed by atoms with E-state index in [9.17, 15) is 14.4 Å². The number of nitrogens with zero attached hydrogens (tertiary/aromatic N) is 1. The van der Waals surface area contributed by atoms with Gasteiger partial charge in [-0.15, -0.1) is 11.3 Å². The van der Waals surface area contributed by atoms with Crippen molar-refractivity contribution in [2.75, 3.05) is 17.7 Å². The van der Waals surface area contributed by atoms with E-state index in [0.717, 1.165) is 54.9 Å². The van der Waals surface area contributed by atoms with Crippen molar-refractivity contribution >= 4 is 53.1 Å². The summed E-state index contributed by atoms with van der Waals surface area (Å²) in [6.45, 7) is 2.40. The molecule has 3 aromatic carbocycles. The second kappa shape index (κ2) is 12.3. The molecule has 0 saturated carbocycles. The Labute approximate surface area is 223 Å². The Kier molecular flexibility index (Phi) is 8.71. The topological polar surface area (TPSA) is 100 Å². The number of hydrogen-bond donors (Lipinski definition) is 3. The van der Waals surface area contributed by atoms with Gasteiger partial charge in [-0.25, -0.2) is 4.98 Å². The minimum absolute atomic E-state index is 0.186. The van der Waals surface area contributed by atoms with Crippen LogP contribution >= 0.6 is 23.1 Å². The van der Waals surface area contributed by atoms with Crippen LogP contribution in [0.25, 0.3) is 10.6 Å². The standard InChI is InChI=1S/C28H26N4O3S2/c1-3-18-12-20(8-10-23(18)32-17-34)28-31-15-22(36-28)14-30-27(35)19-9-11-26(24(13-19)29-2)37-25-7-5-4-6-21(25)16-33/h4-13,15-17,29H,3,14H2,1-2H3,(H,30,35)(H,32,34). The Morgan fingerprint density at radius 1 is 1.03 bits per heavy atom. The van der Waals surface area contributed by atoms with Gasteiger partial charge in [0.2, 0.25) is 6.41 Å². The summed E-state index contributed by atoms with van der Waals surface area (Å²) in [6, 6.07) is 18.7. The van der Waals surface area contributed by atoms with Crippen molar-refractivity contribution in [1.29, 1.82) is 0 Å². The summed E-state index contributed by atoms with van der Waals surface area (Å²) >= 11 is 2.99. The van der Waals surface area contributed by atoms with Crippen molar-refractivity contribution in [1.82, 2.24) is 10.3 Å². The Balaban J connectivity index is 1.43. The highest BCUT2D eigenvalue weighted by molar-refractivity contribution is 7.99. The number of aryl methyl sites for hydroxylation is 1. The first-order valence-electron chi connectivity index (χ1n) is 11.7. The van der Waals surface area contributed by atoms with Gasteiger partial charge in [-0.2, -0.15) is 0 Å². The molecule has 0 aliphatic carbocycles. The number of hydrogen-bond acceptors (Lipinski definition) is 7. The summed E-state index contributed by atoms with van der Waals surface area (Å²) in [7, 11) is 1.80. The number of thiazole rings is 1. The van der Waals surface area contributed by atoms with E-state index in [1.807, 2.05) is 49.4 Å². The highest BCUT2D eigenvalue weighted by Crippen LogP contribution is 2.35. The molecule has 3 N–H and O–H groups in total. The van der Waals surface area contributed by atoms with E-state index in [-0.39, 0.29) is 5.91 Å². The number of carbonyl (C=O) groups excluding carboxylic acids is 3. The fourth-order valence-electron chi connectivity index (χ4n) is 3.76. The van der Waals surface area contributed by atoms with Crippen molar-refractivity contribution in [3.8, 4) is 10.6 Å². The molecular formula is C28H26N4O3S2. The molecule has 37 heavy (non-hydrogen) atoms. The first-order valence-corrected chi connectivity index (χ1v) is 13.3. The molecule has 1 heterocycles. The Morgan fingerprint density at radius 2 is 1.86 bits per heavy atom.